The summed E-state index contributed by atoms with van der Waals surface area (Å²) < 4.78 is 0. The fourth-order valence-corrected chi connectivity index (χ4v) is 2.86. The molecule has 0 rings (SSSR count). The van der Waals surface area contributed by atoms with E-state index in [-0.39, 0.29) is 11.1 Å². The molecule has 0 aromatic rings. The topological polar surface area (TPSA) is 24.1 Å². The van der Waals surface area contributed by atoms with Crippen molar-refractivity contribution in [1.29, 1.82) is 0 Å². The number of hydrogen-bond acceptors (Lipinski definition) is 2. The fourth-order valence-electron chi connectivity index (χ4n) is 2.86. The first-order chi connectivity index (χ1) is 9.19. The molecule has 0 bridgehead atoms. The van der Waals surface area contributed by atoms with Crippen LogP contribution < -0.4 is 10.6 Å². The Labute approximate surface area is 128 Å². The molecule has 0 radical (unpaired) electrons. The zero-order valence-corrected chi connectivity index (χ0v) is 15.4. The van der Waals surface area contributed by atoms with E-state index < -0.39 is 0 Å². The average Bonchev–Trinajstić information content (AvgIpc) is 2.40. The molecule has 0 amide bonds. The van der Waals surface area contributed by atoms with Gasteiger partial charge in [0, 0.05) is 23.2 Å². The van der Waals surface area contributed by atoms with Crippen molar-refractivity contribution in [3.8, 4) is 0 Å². The van der Waals surface area contributed by atoms with E-state index in [1.165, 1.54) is 38.5 Å². The maximum atomic E-state index is 3.82. The second kappa shape index (κ2) is 9.04. The molecule has 0 aliphatic heterocycles. The zero-order valence-electron chi connectivity index (χ0n) is 15.4. The van der Waals surface area contributed by atoms with Gasteiger partial charge in [-0.1, -0.05) is 27.7 Å². The van der Waals surface area contributed by atoms with Crippen molar-refractivity contribution in [3.05, 3.63) is 0 Å². The standard InChI is InChI=1S/C18H40N2/c1-9-15(10-2)19-17(5,6)13-14-18(7,8)20-16(11-3)12-4/h15-16,19-20H,9-14H2,1-8H3. The van der Waals surface area contributed by atoms with Crippen LogP contribution in [0.5, 0.6) is 0 Å². The number of nitrogens with one attached hydrogen (secondary N) is 2. The molecule has 0 saturated heterocycles. The van der Waals surface area contributed by atoms with Crippen molar-refractivity contribution in [2.24, 2.45) is 0 Å². The molecule has 0 unspecified atom stereocenters. The highest BCUT2D eigenvalue weighted by Crippen LogP contribution is 2.21. The third-order valence-corrected chi connectivity index (χ3v) is 4.54. The zero-order chi connectivity index (χ0) is 15.8. The minimum atomic E-state index is 0.226. The van der Waals surface area contributed by atoms with Gasteiger partial charge in [0.05, 0.1) is 0 Å². The van der Waals surface area contributed by atoms with Crippen molar-refractivity contribution in [3.63, 3.8) is 0 Å². The molecule has 0 aromatic carbocycles. The molecule has 20 heavy (non-hydrogen) atoms. The maximum Gasteiger partial charge on any atom is 0.0128 e. The summed E-state index contributed by atoms with van der Waals surface area (Å²) in [7, 11) is 0. The summed E-state index contributed by atoms with van der Waals surface area (Å²) in [5.41, 5.74) is 0.452. The molecule has 122 valence electrons. The number of hydrogen-bond donors (Lipinski definition) is 2. The molecule has 0 aromatic heterocycles. The van der Waals surface area contributed by atoms with Gasteiger partial charge in [-0.15, -0.1) is 0 Å². The van der Waals surface area contributed by atoms with Gasteiger partial charge in [0.1, 0.15) is 0 Å². The summed E-state index contributed by atoms with van der Waals surface area (Å²) in [6.07, 6.45) is 7.29. The first-order valence-corrected chi connectivity index (χ1v) is 8.75. The van der Waals surface area contributed by atoms with Crippen molar-refractivity contribution >= 4 is 0 Å². The third-order valence-electron chi connectivity index (χ3n) is 4.54. The van der Waals surface area contributed by atoms with Crippen LogP contribution in [0.2, 0.25) is 0 Å². The molecule has 0 aliphatic carbocycles. The van der Waals surface area contributed by atoms with Gasteiger partial charge in [-0.2, -0.15) is 0 Å². The van der Waals surface area contributed by atoms with E-state index in [1.807, 2.05) is 0 Å². The van der Waals surface area contributed by atoms with Crippen molar-refractivity contribution in [2.75, 3.05) is 0 Å². The minimum Gasteiger partial charge on any atom is -0.309 e. The summed E-state index contributed by atoms with van der Waals surface area (Å²) in [5, 5.41) is 7.64. The number of rotatable bonds is 11. The van der Waals surface area contributed by atoms with Crippen LogP contribution in [0.3, 0.4) is 0 Å². The summed E-state index contributed by atoms with van der Waals surface area (Å²) >= 11 is 0. The molecule has 0 atom stereocenters. The molecule has 0 saturated carbocycles. The lowest BCUT2D eigenvalue weighted by atomic mass is 9.87. The van der Waals surface area contributed by atoms with E-state index in [4.69, 9.17) is 0 Å². The van der Waals surface area contributed by atoms with Gasteiger partial charge in [0.25, 0.3) is 0 Å². The Morgan fingerprint density at radius 1 is 0.600 bits per heavy atom. The van der Waals surface area contributed by atoms with E-state index in [9.17, 15) is 0 Å². The smallest absolute Gasteiger partial charge is 0.0128 e. The van der Waals surface area contributed by atoms with Crippen molar-refractivity contribution in [2.45, 2.75) is 117 Å². The van der Waals surface area contributed by atoms with Crippen LogP contribution in [0.25, 0.3) is 0 Å². The quantitative estimate of drug-likeness (QED) is 0.565. The lowest BCUT2D eigenvalue weighted by Crippen LogP contribution is -2.50. The summed E-state index contributed by atoms with van der Waals surface area (Å²) in [6, 6.07) is 1.31. The van der Waals surface area contributed by atoms with E-state index >= 15 is 0 Å². The molecular weight excluding hydrogens is 244 g/mol. The second-order valence-electron chi connectivity index (χ2n) is 7.58. The van der Waals surface area contributed by atoms with Crippen LogP contribution in [-0.4, -0.2) is 23.2 Å². The molecular formula is C18H40N2. The highest BCUT2D eigenvalue weighted by molar-refractivity contribution is 4.88. The van der Waals surface area contributed by atoms with E-state index in [1.54, 1.807) is 0 Å². The van der Waals surface area contributed by atoms with Crippen molar-refractivity contribution in [1.82, 2.24) is 10.6 Å². The highest BCUT2D eigenvalue weighted by Gasteiger charge is 2.26. The predicted molar refractivity (Wildman–Crippen MR) is 92.4 cm³/mol. The molecule has 0 spiro atoms. The van der Waals surface area contributed by atoms with Gasteiger partial charge in [0.2, 0.25) is 0 Å². The Kier molecular flexibility index (Phi) is 9.01. The van der Waals surface area contributed by atoms with Gasteiger partial charge in [-0.3, -0.25) is 0 Å². The van der Waals surface area contributed by atoms with Crippen LogP contribution in [0.15, 0.2) is 0 Å². The summed E-state index contributed by atoms with van der Waals surface area (Å²) in [4.78, 5) is 0. The second-order valence-corrected chi connectivity index (χ2v) is 7.58. The molecule has 0 heterocycles. The minimum absolute atomic E-state index is 0.226. The van der Waals surface area contributed by atoms with Crippen LogP contribution in [0.1, 0.15) is 93.9 Å². The first kappa shape index (κ1) is 19.9. The Bertz CT molecular complexity index is 212. The van der Waals surface area contributed by atoms with Gasteiger partial charge in [-0.05, 0) is 66.2 Å². The Morgan fingerprint density at radius 3 is 1.05 bits per heavy atom. The van der Waals surface area contributed by atoms with Crippen LogP contribution in [-0.2, 0) is 0 Å². The molecule has 0 fully saturated rings. The first-order valence-electron chi connectivity index (χ1n) is 8.75. The van der Waals surface area contributed by atoms with Gasteiger partial charge >= 0.3 is 0 Å². The molecule has 2 N–H and O–H groups in total. The normalized spacial score (nSPS) is 13.5. The van der Waals surface area contributed by atoms with Gasteiger partial charge < -0.3 is 10.6 Å². The van der Waals surface area contributed by atoms with Crippen molar-refractivity contribution < 1.29 is 0 Å². The average molecular weight is 285 g/mol. The summed E-state index contributed by atoms with van der Waals surface area (Å²) in [5.74, 6) is 0. The van der Waals surface area contributed by atoms with Crippen LogP contribution in [0, 0.1) is 0 Å². The Balaban J connectivity index is 4.35. The Morgan fingerprint density at radius 2 is 0.850 bits per heavy atom. The van der Waals surface area contributed by atoms with E-state index in [0.717, 1.165) is 0 Å². The SMILES string of the molecule is CCC(CC)NC(C)(C)CCC(C)(C)NC(CC)CC. The van der Waals surface area contributed by atoms with Gasteiger partial charge in [-0.25, -0.2) is 0 Å². The third kappa shape index (κ3) is 8.26. The van der Waals surface area contributed by atoms with E-state index in [2.05, 4.69) is 66.0 Å². The fraction of sp³-hybridized carbons (Fsp3) is 1.00. The van der Waals surface area contributed by atoms with Gasteiger partial charge in [0.15, 0.2) is 0 Å². The van der Waals surface area contributed by atoms with E-state index in [0.29, 0.717) is 12.1 Å². The highest BCUT2D eigenvalue weighted by atomic mass is 15.0. The van der Waals surface area contributed by atoms with Crippen LogP contribution in [0.4, 0.5) is 0 Å². The Hall–Kier alpha value is -0.0800. The molecule has 2 heteroatoms. The van der Waals surface area contributed by atoms with Crippen LogP contribution >= 0.6 is 0 Å². The largest absolute Gasteiger partial charge is 0.309 e. The monoisotopic (exact) mass is 284 g/mol. The lowest BCUT2D eigenvalue weighted by molar-refractivity contribution is 0.239. The summed E-state index contributed by atoms with van der Waals surface area (Å²) in [6.45, 7) is 18.5. The predicted octanol–water partition coefficient (Wildman–Crippen LogP) is 4.88. The molecule has 2 nitrogen and oxygen atoms in total. The molecule has 0 aliphatic rings. The maximum absolute atomic E-state index is 3.82. The lowest BCUT2D eigenvalue weighted by Gasteiger charge is -2.37.